The molecule has 0 spiro atoms. The van der Waals surface area contributed by atoms with E-state index in [4.69, 9.17) is 0 Å². The zero-order valence-electron chi connectivity index (χ0n) is 10.7. The van der Waals surface area contributed by atoms with Gasteiger partial charge in [-0.15, -0.1) is 0 Å². The van der Waals surface area contributed by atoms with E-state index in [1.54, 1.807) is 7.05 Å². The highest BCUT2D eigenvalue weighted by atomic mass is 32.2. The summed E-state index contributed by atoms with van der Waals surface area (Å²) in [7, 11) is -1.13. The molecule has 0 aliphatic rings. The number of hydrogen-bond donors (Lipinski definition) is 1. The van der Waals surface area contributed by atoms with E-state index < -0.39 is 9.84 Å². The van der Waals surface area contributed by atoms with Crippen molar-refractivity contribution < 1.29 is 8.42 Å². The summed E-state index contributed by atoms with van der Waals surface area (Å²) in [6.45, 7) is 2.12. The fourth-order valence-corrected chi connectivity index (χ4v) is 2.82. The van der Waals surface area contributed by atoms with E-state index in [0.29, 0.717) is 0 Å². The molecular formula is C13H21NO2S. The summed E-state index contributed by atoms with van der Waals surface area (Å²) in [6, 6.07) is 8.33. The summed E-state index contributed by atoms with van der Waals surface area (Å²) >= 11 is 0. The van der Waals surface area contributed by atoms with Crippen molar-refractivity contribution in [3.05, 3.63) is 35.4 Å². The maximum atomic E-state index is 11.3. The molecule has 96 valence electrons. The summed E-state index contributed by atoms with van der Waals surface area (Å²) in [5, 5.41) is 3.06. The van der Waals surface area contributed by atoms with Crippen molar-refractivity contribution in [3.8, 4) is 0 Å². The second-order valence-corrected chi connectivity index (χ2v) is 6.64. The van der Waals surface area contributed by atoms with E-state index in [1.807, 2.05) is 0 Å². The first-order chi connectivity index (χ1) is 7.94. The normalized spacial score (nSPS) is 13.6. The molecule has 1 N–H and O–H groups in total. The third-order valence-electron chi connectivity index (χ3n) is 2.83. The quantitative estimate of drug-likeness (QED) is 0.836. The van der Waals surface area contributed by atoms with Crippen LogP contribution in [0.15, 0.2) is 24.3 Å². The van der Waals surface area contributed by atoms with Gasteiger partial charge in [0.05, 0.1) is 5.75 Å². The fourth-order valence-electron chi connectivity index (χ4n) is 1.81. The van der Waals surface area contributed by atoms with Gasteiger partial charge in [0, 0.05) is 12.3 Å². The molecular weight excluding hydrogens is 234 g/mol. The zero-order valence-corrected chi connectivity index (χ0v) is 11.5. The minimum atomic E-state index is -2.93. The predicted molar refractivity (Wildman–Crippen MR) is 72.1 cm³/mol. The number of rotatable bonds is 6. The smallest absolute Gasteiger partial charge is 0.148 e. The van der Waals surface area contributed by atoms with Crippen LogP contribution in [-0.2, 0) is 22.7 Å². The molecule has 0 fully saturated rings. The lowest BCUT2D eigenvalue weighted by Crippen LogP contribution is -2.34. The van der Waals surface area contributed by atoms with Crippen molar-refractivity contribution >= 4 is 9.84 Å². The average Bonchev–Trinajstić information content (AvgIpc) is 2.27. The van der Waals surface area contributed by atoms with Gasteiger partial charge in [-0.3, -0.25) is 0 Å². The number of aryl methyl sites for hydroxylation is 1. The Labute approximate surface area is 104 Å². The third kappa shape index (κ3) is 5.33. The van der Waals surface area contributed by atoms with Gasteiger partial charge in [0.15, 0.2) is 0 Å². The Bertz CT molecular complexity index is 437. The van der Waals surface area contributed by atoms with Crippen molar-refractivity contribution in [1.82, 2.24) is 5.32 Å². The Morgan fingerprint density at radius 2 is 1.71 bits per heavy atom. The van der Waals surface area contributed by atoms with Gasteiger partial charge in [-0.25, -0.2) is 8.42 Å². The Hall–Kier alpha value is -0.870. The van der Waals surface area contributed by atoms with Crippen LogP contribution in [0, 0.1) is 0 Å². The van der Waals surface area contributed by atoms with Crippen molar-refractivity contribution in [2.45, 2.75) is 25.8 Å². The summed E-state index contributed by atoms with van der Waals surface area (Å²) in [5.41, 5.74) is 2.48. The first-order valence-electron chi connectivity index (χ1n) is 5.87. The molecule has 0 amide bonds. The summed E-state index contributed by atoms with van der Waals surface area (Å²) in [4.78, 5) is 0. The molecule has 3 nitrogen and oxygen atoms in total. The van der Waals surface area contributed by atoms with Crippen molar-refractivity contribution in [3.63, 3.8) is 0 Å². The number of sulfone groups is 1. The predicted octanol–water partition coefficient (Wildman–Crippen LogP) is 1.42. The highest BCUT2D eigenvalue weighted by Gasteiger charge is 2.13. The number of likely N-dealkylation sites (N-methyl/N-ethyl adjacent to an activating group) is 1. The summed E-state index contributed by atoms with van der Waals surface area (Å²) < 4.78 is 22.5. The van der Waals surface area contributed by atoms with E-state index in [9.17, 15) is 8.42 Å². The monoisotopic (exact) mass is 255 g/mol. The van der Waals surface area contributed by atoms with Gasteiger partial charge < -0.3 is 5.32 Å². The Kier molecular flexibility index (Phi) is 5.15. The van der Waals surface area contributed by atoms with Crippen LogP contribution in [0.5, 0.6) is 0 Å². The van der Waals surface area contributed by atoms with Gasteiger partial charge in [-0.1, -0.05) is 31.2 Å². The van der Waals surface area contributed by atoms with Gasteiger partial charge in [0.1, 0.15) is 9.84 Å². The first kappa shape index (κ1) is 14.2. The molecule has 4 heteroatoms. The zero-order chi connectivity index (χ0) is 12.9. The number of benzene rings is 1. The third-order valence-corrected chi connectivity index (χ3v) is 3.83. The summed E-state index contributed by atoms with van der Waals surface area (Å²) in [5.74, 6) is 0.180. The van der Waals surface area contributed by atoms with Crippen LogP contribution in [-0.4, -0.2) is 33.5 Å². The lowest BCUT2D eigenvalue weighted by molar-refractivity contribution is 0.567. The summed E-state index contributed by atoms with van der Waals surface area (Å²) in [6.07, 6.45) is 3.05. The Morgan fingerprint density at radius 1 is 1.18 bits per heavy atom. The molecule has 0 aliphatic heterocycles. The van der Waals surface area contributed by atoms with Crippen LogP contribution in [0.2, 0.25) is 0 Å². The standard InChI is InChI=1S/C13H21NO2S/c1-4-11-5-7-12(8-6-11)9-13(14-2)10-17(3,15)16/h5-8,13-14H,4,9-10H2,1-3H3. The molecule has 0 radical (unpaired) electrons. The lowest BCUT2D eigenvalue weighted by atomic mass is 10.0. The maximum Gasteiger partial charge on any atom is 0.148 e. The van der Waals surface area contributed by atoms with Crippen LogP contribution >= 0.6 is 0 Å². The lowest BCUT2D eigenvalue weighted by Gasteiger charge is -2.15. The average molecular weight is 255 g/mol. The van der Waals surface area contributed by atoms with E-state index in [0.717, 1.165) is 12.8 Å². The fraction of sp³-hybridized carbons (Fsp3) is 0.538. The molecule has 17 heavy (non-hydrogen) atoms. The maximum absolute atomic E-state index is 11.3. The second-order valence-electron chi connectivity index (χ2n) is 4.45. The van der Waals surface area contributed by atoms with Crippen molar-refractivity contribution in [2.24, 2.45) is 0 Å². The van der Waals surface area contributed by atoms with E-state index in [1.165, 1.54) is 17.4 Å². The molecule has 1 aromatic rings. The highest BCUT2D eigenvalue weighted by molar-refractivity contribution is 7.90. The van der Waals surface area contributed by atoms with Gasteiger partial charge in [0.25, 0.3) is 0 Å². The van der Waals surface area contributed by atoms with Crippen molar-refractivity contribution in [2.75, 3.05) is 19.1 Å². The van der Waals surface area contributed by atoms with E-state index >= 15 is 0 Å². The molecule has 1 aromatic carbocycles. The van der Waals surface area contributed by atoms with E-state index in [-0.39, 0.29) is 11.8 Å². The van der Waals surface area contributed by atoms with Crippen LogP contribution in [0.4, 0.5) is 0 Å². The second kappa shape index (κ2) is 6.17. The number of nitrogens with one attached hydrogen (secondary N) is 1. The van der Waals surface area contributed by atoms with Crippen LogP contribution < -0.4 is 5.32 Å². The van der Waals surface area contributed by atoms with Crippen LogP contribution in [0.3, 0.4) is 0 Å². The van der Waals surface area contributed by atoms with Gasteiger partial charge in [-0.05, 0) is 31.0 Å². The molecule has 0 aliphatic carbocycles. The topological polar surface area (TPSA) is 46.2 Å². The first-order valence-corrected chi connectivity index (χ1v) is 7.93. The molecule has 0 saturated carbocycles. The minimum absolute atomic E-state index is 0.0162. The molecule has 0 bridgehead atoms. The molecule has 1 atom stereocenters. The minimum Gasteiger partial charge on any atom is -0.316 e. The Balaban J connectivity index is 2.67. The van der Waals surface area contributed by atoms with Crippen LogP contribution in [0.25, 0.3) is 0 Å². The highest BCUT2D eigenvalue weighted by Crippen LogP contribution is 2.08. The molecule has 0 heterocycles. The van der Waals surface area contributed by atoms with Gasteiger partial charge >= 0.3 is 0 Å². The van der Waals surface area contributed by atoms with Gasteiger partial charge in [-0.2, -0.15) is 0 Å². The van der Waals surface area contributed by atoms with Crippen LogP contribution in [0.1, 0.15) is 18.1 Å². The largest absolute Gasteiger partial charge is 0.316 e. The SMILES string of the molecule is CCc1ccc(CC(CS(C)(=O)=O)NC)cc1. The number of hydrogen-bond acceptors (Lipinski definition) is 3. The Morgan fingerprint density at radius 3 is 2.12 bits per heavy atom. The molecule has 0 saturated heterocycles. The molecule has 1 unspecified atom stereocenters. The van der Waals surface area contributed by atoms with Gasteiger partial charge in [0.2, 0.25) is 0 Å². The van der Waals surface area contributed by atoms with Crippen molar-refractivity contribution in [1.29, 1.82) is 0 Å². The molecule has 0 aromatic heterocycles. The van der Waals surface area contributed by atoms with E-state index in [2.05, 4.69) is 36.5 Å². The molecule has 1 rings (SSSR count).